The molecule has 10 heteroatoms. The molecule has 4 aliphatic heterocycles. The second kappa shape index (κ2) is 8.57. The van der Waals surface area contributed by atoms with Crippen molar-refractivity contribution in [2.45, 2.75) is 51.3 Å². The number of aliphatic imine (C=N–C) groups is 1. The molecule has 0 radical (unpaired) electrons. The summed E-state index contributed by atoms with van der Waals surface area (Å²) >= 11 is 6.82. The van der Waals surface area contributed by atoms with Crippen LogP contribution in [-0.4, -0.2) is 65.2 Å². The van der Waals surface area contributed by atoms with Crippen molar-refractivity contribution >= 4 is 29.1 Å². The van der Waals surface area contributed by atoms with Crippen molar-refractivity contribution in [2.24, 2.45) is 23.2 Å². The van der Waals surface area contributed by atoms with E-state index in [0.29, 0.717) is 41.1 Å². The predicted octanol–water partition coefficient (Wildman–Crippen LogP) is 2.11. The number of hydrogen-bond donors (Lipinski definition) is 1. The fourth-order valence-corrected chi connectivity index (χ4v) is 6.43. The first-order valence-electron chi connectivity index (χ1n) is 12.6. The van der Waals surface area contributed by atoms with E-state index in [0.717, 1.165) is 63.2 Å². The normalized spacial score (nSPS) is 25.4. The summed E-state index contributed by atoms with van der Waals surface area (Å²) in [5, 5.41) is 0.554. The molecule has 6 heterocycles. The molecule has 35 heavy (non-hydrogen) atoms. The van der Waals surface area contributed by atoms with Gasteiger partial charge in [0, 0.05) is 56.4 Å². The van der Waals surface area contributed by atoms with Gasteiger partial charge in [-0.15, -0.1) is 0 Å². The van der Waals surface area contributed by atoms with Crippen LogP contribution in [0.5, 0.6) is 0 Å². The Balaban J connectivity index is 1.29. The Bertz CT molecular complexity index is 1250. The minimum absolute atomic E-state index is 0.0208. The Labute approximate surface area is 210 Å². The molecular weight excluding hydrogens is 466 g/mol. The standard InChI is InChI=1S/C25H32ClN7O2/c1-15-21(27)25(14-35-15)6-11-33(12-7-25)24-30-17-13-29-20(18(17)23(34)31(24)2)16-5-8-28-22(19(16)26)32-9-3-4-10-32/h5,8,15,21H,3-4,6-7,9-14,27H2,1-2H3/t15-,21+/m0/s1. The molecule has 4 aliphatic rings. The smallest absolute Gasteiger partial charge is 0.264 e. The molecule has 3 fully saturated rings. The minimum atomic E-state index is -0.0911. The number of anilines is 2. The number of ether oxygens (including phenoxy) is 1. The van der Waals surface area contributed by atoms with Crippen LogP contribution in [0.25, 0.3) is 0 Å². The van der Waals surface area contributed by atoms with Crippen LogP contribution in [0.2, 0.25) is 5.02 Å². The third-order valence-corrected chi connectivity index (χ3v) is 8.76. The Morgan fingerprint density at radius 3 is 2.60 bits per heavy atom. The fraction of sp³-hybridized carbons (Fsp3) is 0.600. The molecule has 6 rings (SSSR count). The largest absolute Gasteiger partial charge is 0.376 e. The Hall–Kier alpha value is -2.49. The molecule has 0 amide bonds. The summed E-state index contributed by atoms with van der Waals surface area (Å²) in [5.41, 5.74) is 9.04. The van der Waals surface area contributed by atoms with Crippen molar-refractivity contribution in [2.75, 3.05) is 42.6 Å². The summed E-state index contributed by atoms with van der Waals surface area (Å²) in [5.74, 6) is 1.46. The summed E-state index contributed by atoms with van der Waals surface area (Å²) in [4.78, 5) is 32.2. The van der Waals surface area contributed by atoms with Crippen molar-refractivity contribution in [1.82, 2.24) is 14.5 Å². The van der Waals surface area contributed by atoms with E-state index in [1.165, 1.54) is 0 Å². The molecule has 0 bridgehead atoms. The molecule has 2 N–H and O–H groups in total. The Morgan fingerprint density at radius 1 is 1.17 bits per heavy atom. The summed E-state index contributed by atoms with van der Waals surface area (Å²) in [6.45, 7) is 6.62. The van der Waals surface area contributed by atoms with Crippen LogP contribution in [0.3, 0.4) is 0 Å². The first-order chi connectivity index (χ1) is 16.9. The summed E-state index contributed by atoms with van der Waals surface area (Å²) in [6.07, 6.45) is 5.97. The number of hydrogen-bond acceptors (Lipinski definition) is 8. The van der Waals surface area contributed by atoms with Gasteiger partial charge in [0.05, 0.1) is 41.2 Å². The van der Waals surface area contributed by atoms with Gasteiger partial charge in [-0.25, -0.2) is 9.97 Å². The van der Waals surface area contributed by atoms with Crippen molar-refractivity contribution in [3.05, 3.63) is 44.5 Å². The molecule has 0 unspecified atom stereocenters. The first kappa shape index (κ1) is 22.9. The molecular formula is C25H32ClN7O2. The lowest BCUT2D eigenvalue weighted by molar-refractivity contribution is 0.0973. The van der Waals surface area contributed by atoms with Gasteiger partial charge in [0.25, 0.3) is 5.56 Å². The average Bonchev–Trinajstić information content (AvgIpc) is 3.60. The highest BCUT2D eigenvalue weighted by molar-refractivity contribution is 6.37. The molecule has 2 atom stereocenters. The molecule has 1 spiro atoms. The third-order valence-electron chi connectivity index (χ3n) is 8.39. The van der Waals surface area contributed by atoms with Crippen LogP contribution < -0.4 is 21.1 Å². The van der Waals surface area contributed by atoms with Gasteiger partial charge >= 0.3 is 0 Å². The minimum Gasteiger partial charge on any atom is -0.376 e. The van der Waals surface area contributed by atoms with Gasteiger partial charge in [-0.2, -0.15) is 0 Å². The number of nitrogens with zero attached hydrogens (tertiary/aromatic N) is 6. The third kappa shape index (κ3) is 3.58. The van der Waals surface area contributed by atoms with Crippen molar-refractivity contribution < 1.29 is 4.74 Å². The van der Waals surface area contributed by atoms with Gasteiger partial charge in [0.15, 0.2) is 0 Å². The number of aromatic nitrogens is 3. The van der Waals surface area contributed by atoms with Crippen LogP contribution >= 0.6 is 11.6 Å². The molecule has 0 aliphatic carbocycles. The van der Waals surface area contributed by atoms with E-state index in [4.69, 9.17) is 32.0 Å². The maximum atomic E-state index is 13.6. The molecule has 9 nitrogen and oxygen atoms in total. The lowest BCUT2D eigenvalue weighted by atomic mass is 9.73. The van der Waals surface area contributed by atoms with Crippen LogP contribution in [0.4, 0.5) is 11.8 Å². The highest BCUT2D eigenvalue weighted by atomic mass is 35.5. The summed E-state index contributed by atoms with van der Waals surface area (Å²) in [6, 6.07) is 1.90. The van der Waals surface area contributed by atoms with Crippen LogP contribution in [0.1, 0.15) is 49.4 Å². The van der Waals surface area contributed by atoms with Crippen LogP contribution in [-0.2, 0) is 18.3 Å². The van der Waals surface area contributed by atoms with E-state index in [9.17, 15) is 4.79 Å². The predicted molar refractivity (Wildman–Crippen MR) is 137 cm³/mol. The van der Waals surface area contributed by atoms with Gasteiger partial charge < -0.3 is 20.3 Å². The quantitative estimate of drug-likeness (QED) is 0.692. The number of pyridine rings is 1. The molecule has 3 saturated heterocycles. The van der Waals surface area contributed by atoms with Gasteiger partial charge in [0.1, 0.15) is 5.82 Å². The SMILES string of the molecule is C[C@@H]1OCC2(CCN(c3nc4c(c(=O)n3C)C(c3ccnc(N5CCCC5)c3Cl)=NC4)CC2)[C@@H]1N. The van der Waals surface area contributed by atoms with Crippen molar-refractivity contribution in [1.29, 1.82) is 0 Å². The van der Waals surface area contributed by atoms with Gasteiger partial charge in [0.2, 0.25) is 5.95 Å². The monoisotopic (exact) mass is 497 g/mol. The highest BCUT2D eigenvalue weighted by Gasteiger charge is 2.48. The average molecular weight is 498 g/mol. The Kier molecular flexibility index (Phi) is 5.62. The maximum Gasteiger partial charge on any atom is 0.264 e. The zero-order chi connectivity index (χ0) is 24.3. The van der Waals surface area contributed by atoms with Crippen LogP contribution in [0, 0.1) is 5.41 Å². The van der Waals surface area contributed by atoms with E-state index in [2.05, 4.69) is 21.7 Å². The second-order valence-electron chi connectivity index (χ2n) is 10.3. The Morgan fingerprint density at radius 2 is 1.91 bits per heavy atom. The number of rotatable bonds is 3. The molecule has 186 valence electrons. The molecule has 2 aromatic rings. The zero-order valence-electron chi connectivity index (χ0n) is 20.3. The lowest BCUT2D eigenvalue weighted by Gasteiger charge is -2.41. The van der Waals surface area contributed by atoms with Crippen molar-refractivity contribution in [3.63, 3.8) is 0 Å². The van der Waals surface area contributed by atoms with Gasteiger partial charge in [-0.05, 0) is 38.7 Å². The number of halogens is 1. The zero-order valence-corrected chi connectivity index (χ0v) is 21.1. The van der Waals surface area contributed by atoms with Gasteiger partial charge in [-0.3, -0.25) is 14.4 Å². The highest BCUT2D eigenvalue weighted by Crippen LogP contribution is 2.42. The van der Waals surface area contributed by atoms with Gasteiger partial charge in [-0.1, -0.05) is 11.6 Å². The molecule has 0 saturated carbocycles. The van der Waals surface area contributed by atoms with E-state index in [1.54, 1.807) is 17.8 Å². The maximum absolute atomic E-state index is 13.6. The summed E-state index contributed by atoms with van der Waals surface area (Å²) < 4.78 is 7.51. The number of nitrogens with two attached hydrogens (primary N) is 1. The van der Waals surface area contributed by atoms with Crippen molar-refractivity contribution in [3.8, 4) is 0 Å². The molecule has 2 aromatic heterocycles. The van der Waals surface area contributed by atoms with E-state index in [1.807, 2.05) is 6.07 Å². The lowest BCUT2D eigenvalue weighted by Crippen LogP contribution is -2.51. The topological polar surface area (TPSA) is 102 Å². The van der Waals surface area contributed by atoms with Crippen LogP contribution in [0.15, 0.2) is 22.1 Å². The number of fused-ring (bicyclic) bond motifs is 1. The fourth-order valence-electron chi connectivity index (χ4n) is 6.11. The molecule has 0 aromatic carbocycles. The van der Waals surface area contributed by atoms with E-state index in [-0.39, 0.29) is 23.1 Å². The summed E-state index contributed by atoms with van der Waals surface area (Å²) in [7, 11) is 1.79. The first-order valence-corrected chi connectivity index (χ1v) is 12.9. The van der Waals surface area contributed by atoms with E-state index < -0.39 is 0 Å². The van der Waals surface area contributed by atoms with E-state index >= 15 is 0 Å². The second-order valence-corrected chi connectivity index (χ2v) is 10.7. The number of piperidine rings is 1.